The SMILES string of the molecule is CCSCC(C)NS(=O)(=O)c1cccc(/C=C/C(=O)O)c1. The second-order valence-electron chi connectivity index (χ2n) is 4.43. The number of benzene rings is 1. The molecule has 0 radical (unpaired) electrons. The zero-order chi connectivity index (χ0) is 15.9. The predicted molar refractivity (Wildman–Crippen MR) is 85.9 cm³/mol. The van der Waals surface area contributed by atoms with Gasteiger partial charge in [0.15, 0.2) is 0 Å². The van der Waals surface area contributed by atoms with Crippen LogP contribution in [0.4, 0.5) is 0 Å². The van der Waals surface area contributed by atoms with Crippen LogP contribution in [0.2, 0.25) is 0 Å². The van der Waals surface area contributed by atoms with Gasteiger partial charge in [-0.3, -0.25) is 0 Å². The molecule has 7 heteroatoms. The maximum atomic E-state index is 12.2. The zero-order valence-electron chi connectivity index (χ0n) is 11.9. The van der Waals surface area contributed by atoms with Crippen LogP contribution in [0.15, 0.2) is 35.2 Å². The van der Waals surface area contributed by atoms with Crippen LogP contribution in [0.1, 0.15) is 19.4 Å². The number of carbonyl (C=O) groups is 1. The molecule has 0 heterocycles. The molecule has 116 valence electrons. The molecule has 1 unspecified atom stereocenters. The minimum atomic E-state index is -3.60. The molecule has 0 fully saturated rings. The van der Waals surface area contributed by atoms with Crippen LogP contribution < -0.4 is 4.72 Å². The third kappa shape index (κ3) is 6.33. The Morgan fingerprint density at radius 1 is 1.48 bits per heavy atom. The molecular weight excluding hydrogens is 310 g/mol. The highest BCUT2D eigenvalue weighted by Crippen LogP contribution is 2.14. The van der Waals surface area contributed by atoms with Gasteiger partial charge in [-0.2, -0.15) is 11.8 Å². The van der Waals surface area contributed by atoms with Crippen LogP contribution in [0.3, 0.4) is 0 Å². The number of carboxylic acids is 1. The van der Waals surface area contributed by atoms with Crippen molar-refractivity contribution >= 4 is 33.8 Å². The Labute approximate surface area is 129 Å². The molecule has 1 aromatic carbocycles. The molecule has 0 amide bonds. The average Bonchev–Trinajstić information content (AvgIpc) is 2.43. The molecule has 2 N–H and O–H groups in total. The minimum absolute atomic E-state index is 0.128. The van der Waals surface area contributed by atoms with Gasteiger partial charge in [0.05, 0.1) is 4.90 Å². The van der Waals surface area contributed by atoms with E-state index >= 15 is 0 Å². The Hall–Kier alpha value is -1.31. The van der Waals surface area contributed by atoms with Crippen molar-refractivity contribution in [1.82, 2.24) is 4.72 Å². The van der Waals surface area contributed by atoms with Crippen LogP contribution in [0.25, 0.3) is 6.08 Å². The van der Waals surface area contributed by atoms with Crippen molar-refractivity contribution in [2.45, 2.75) is 24.8 Å². The minimum Gasteiger partial charge on any atom is -0.478 e. The number of hydrogen-bond acceptors (Lipinski definition) is 4. The van der Waals surface area contributed by atoms with Crippen molar-refractivity contribution in [3.63, 3.8) is 0 Å². The van der Waals surface area contributed by atoms with E-state index < -0.39 is 16.0 Å². The lowest BCUT2D eigenvalue weighted by Crippen LogP contribution is -2.34. The van der Waals surface area contributed by atoms with Gasteiger partial charge in [-0.05, 0) is 36.4 Å². The Morgan fingerprint density at radius 3 is 2.81 bits per heavy atom. The van der Waals surface area contributed by atoms with Gasteiger partial charge in [-0.25, -0.2) is 17.9 Å². The number of rotatable bonds is 8. The molecule has 0 aliphatic rings. The molecule has 0 aliphatic heterocycles. The standard InChI is InChI=1S/C14H19NO4S2/c1-3-20-10-11(2)15-21(18,19)13-6-4-5-12(9-13)7-8-14(16)17/h4-9,11,15H,3,10H2,1-2H3,(H,16,17)/b8-7+. The highest BCUT2D eigenvalue weighted by Gasteiger charge is 2.17. The summed E-state index contributed by atoms with van der Waals surface area (Å²) in [6.07, 6.45) is 2.33. The lowest BCUT2D eigenvalue weighted by atomic mass is 10.2. The van der Waals surface area contributed by atoms with Crippen molar-refractivity contribution in [3.05, 3.63) is 35.9 Å². The van der Waals surface area contributed by atoms with Crippen LogP contribution in [-0.4, -0.2) is 37.0 Å². The summed E-state index contributed by atoms with van der Waals surface area (Å²) in [5, 5.41) is 8.59. The summed E-state index contributed by atoms with van der Waals surface area (Å²) in [6, 6.07) is 6.00. The average molecular weight is 329 g/mol. The fourth-order valence-corrected chi connectivity index (χ4v) is 3.69. The number of nitrogens with one attached hydrogen (secondary N) is 1. The van der Waals surface area contributed by atoms with Gasteiger partial charge in [0.1, 0.15) is 0 Å². The number of carboxylic acid groups (broad SMARTS) is 1. The van der Waals surface area contributed by atoms with Gasteiger partial charge in [0.25, 0.3) is 0 Å². The predicted octanol–water partition coefficient (Wildman–Crippen LogP) is 2.20. The summed E-state index contributed by atoms with van der Waals surface area (Å²) in [7, 11) is -3.60. The Bertz CT molecular complexity index is 611. The first-order valence-electron chi connectivity index (χ1n) is 6.46. The number of hydrogen-bond donors (Lipinski definition) is 2. The summed E-state index contributed by atoms with van der Waals surface area (Å²) >= 11 is 1.66. The van der Waals surface area contributed by atoms with Crippen molar-refractivity contribution in [1.29, 1.82) is 0 Å². The van der Waals surface area contributed by atoms with Crippen LogP contribution in [0, 0.1) is 0 Å². The van der Waals surface area contributed by atoms with E-state index in [1.54, 1.807) is 23.9 Å². The van der Waals surface area contributed by atoms with Gasteiger partial charge in [-0.1, -0.05) is 19.1 Å². The van der Waals surface area contributed by atoms with Gasteiger partial charge < -0.3 is 5.11 Å². The molecule has 0 bridgehead atoms. The lowest BCUT2D eigenvalue weighted by Gasteiger charge is -2.13. The third-order valence-electron chi connectivity index (χ3n) is 2.52. The summed E-state index contributed by atoms with van der Waals surface area (Å²) in [5.41, 5.74) is 0.524. The first-order valence-corrected chi connectivity index (χ1v) is 9.10. The lowest BCUT2D eigenvalue weighted by molar-refractivity contribution is -0.131. The molecule has 21 heavy (non-hydrogen) atoms. The highest BCUT2D eigenvalue weighted by molar-refractivity contribution is 7.99. The highest BCUT2D eigenvalue weighted by atomic mass is 32.2. The van der Waals surface area contributed by atoms with E-state index in [0.29, 0.717) is 11.3 Å². The monoisotopic (exact) mass is 329 g/mol. The Balaban J connectivity index is 2.88. The van der Waals surface area contributed by atoms with Gasteiger partial charge in [-0.15, -0.1) is 0 Å². The molecule has 1 rings (SSSR count). The number of sulfonamides is 1. The summed E-state index contributed by atoms with van der Waals surface area (Å²) in [5.74, 6) is 0.558. The van der Waals surface area contributed by atoms with E-state index in [0.717, 1.165) is 11.8 Å². The number of thioether (sulfide) groups is 1. The third-order valence-corrected chi connectivity index (χ3v) is 5.25. The van der Waals surface area contributed by atoms with Gasteiger partial charge >= 0.3 is 5.97 Å². The van der Waals surface area contributed by atoms with Crippen LogP contribution in [-0.2, 0) is 14.8 Å². The summed E-state index contributed by atoms with van der Waals surface area (Å²) in [4.78, 5) is 10.6. The van der Waals surface area contributed by atoms with Crippen molar-refractivity contribution in [2.24, 2.45) is 0 Å². The first-order chi connectivity index (χ1) is 9.85. The van der Waals surface area contributed by atoms with Gasteiger partial charge in [0.2, 0.25) is 10.0 Å². The fraction of sp³-hybridized carbons (Fsp3) is 0.357. The van der Waals surface area contributed by atoms with E-state index in [1.807, 2.05) is 13.8 Å². The van der Waals surface area contributed by atoms with Crippen molar-refractivity contribution < 1.29 is 18.3 Å². The van der Waals surface area contributed by atoms with Crippen LogP contribution >= 0.6 is 11.8 Å². The van der Waals surface area contributed by atoms with Crippen molar-refractivity contribution in [3.8, 4) is 0 Å². The second-order valence-corrected chi connectivity index (χ2v) is 7.46. The molecule has 0 aliphatic carbocycles. The van der Waals surface area contributed by atoms with E-state index in [4.69, 9.17) is 5.11 Å². The Morgan fingerprint density at radius 2 is 2.19 bits per heavy atom. The molecule has 1 aromatic rings. The normalized spacial score (nSPS) is 13.4. The molecule has 0 saturated carbocycles. The molecule has 1 atom stereocenters. The van der Waals surface area contributed by atoms with Gasteiger partial charge in [0, 0.05) is 17.9 Å². The topological polar surface area (TPSA) is 83.5 Å². The van der Waals surface area contributed by atoms with E-state index in [2.05, 4.69) is 4.72 Å². The first kappa shape index (κ1) is 17.7. The second kappa shape index (κ2) is 8.21. The zero-order valence-corrected chi connectivity index (χ0v) is 13.6. The fourth-order valence-electron chi connectivity index (χ4n) is 1.61. The molecule has 0 saturated heterocycles. The van der Waals surface area contributed by atoms with E-state index in [9.17, 15) is 13.2 Å². The maximum absolute atomic E-state index is 12.2. The maximum Gasteiger partial charge on any atom is 0.328 e. The molecule has 5 nitrogen and oxygen atoms in total. The molecule has 0 aromatic heterocycles. The van der Waals surface area contributed by atoms with Crippen LogP contribution in [0.5, 0.6) is 0 Å². The summed E-state index contributed by atoms with van der Waals surface area (Å²) < 4.78 is 27.1. The number of aliphatic carboxylic acids is 1. The quantitative estimate of drug-likeness (QED) is 0.714. The smallest absolute Gasteiger partial charge is 0.328 e. The van der Waals surface area contributed by atoms with E-state index in [1.165, 1.54) is 18.2 Å². The Kier molecular flexibility index (Phi) is 6.94. The largest absolute Gasteiger partial charge is 0.478 e. The molecular formula is C14H19NO4S2. The summed E-state index contributed by atoms with van der Waals surface area (Å²) in [6.45, 7) is 3.83. The molecule has 0 spiro atoms. The van der Waals surface area contributed by atoms with E-state index in [-0.39, 0.29) is 10.9 Å². The van der Waals surface area contributed by atoms with Crippen molar-refractivity contribution in [2.75, 3.05) is 11.5 Å².